The first-order valence-corrected chi connectivity index (χ1v) is 11.9. The minimum Gasteiger partial charge on any atom is -0.335 e. The highest BCUT2D eigenvalue weighted by Gasteiger charge is 2.40. The van der Waals surface area contributed by atoms with Crippen molar-refractivity contribution in [2.75, 3.05) is 20.6 Å². The number of hydrogen-bond acceptors (Lipinski definition) is 3. The number of alkyl halides is 6. The second-order valence-electron chi connectivity index (χ2n) is 8.48. The molecule has 5 nitrogen and oxygen atoms in total. The lowest BCUT2D eigenvalue weighted by atomic mass is 9.96. The number of halogens is 9. The number of benzene rings is 2. The van der Waals surface area contributed by atoms with Gasteiger partial charge in [0, 0.05) is 0 Å². The van der Waals surface area contributed by atoms with Crippen LogP contribution in [0.2, 0.25) is 15.1 Å². The van der Waals surface area contributed by atoms with Crippen LogP contribution in [0.4, 0.5) is 26.3 Å². The Bertz CT molecular complexity index is 1190. The van der Waals surface area contributed by atoms with Crippen LogP contribution in [0.25, 0.3) is 6.08 Å². The average Bonchev–Trinajstić information content (AvgIpc) is 2.75. The zero-order valence-corrected chi connectivity index (χ0v) is 22.3. The first-order chi connectivity index (χ1) is 17.4. The van der Waals surface area contributed by atoms with Crippen LogP contribution in [-0.4, -0.2) is 49.7 Å². The number of amides is 2. The number of likely N-dealkylation sites (N-methyl/N-ethyl adjacent to an activating group) is 1. The molecule has 0 spiro atoms. The molecule has 14 heteroatoms. The lowest BCUT2D eigenvalue weighted by Gasteiger charge is -2.20. The van der Waals surface area contributed by atoms with Crippen molar-refractivity contribution in [2.45, 2.75) is 31.4 Å². The molecule has 0 heterocycles. The van der Waals surface area contributed by atoms with E-state index in [9.17, 15) is 35.9 Å². The molecule has 0 aliphatic heterocycles. The van der Waals surface area contributed by atoms with Crippen LogP contribution in [0.15, 0.2) is 36.4 Å². The van der Waals surface area contributed by atoms with Crippen molar-refractivity contribution in [2.24, 2.45) is 0 Å². The molecule has 0 bridgehead atoms. The fraction of sp³-hybridized carbons (Fsp3) is 0.333. The largest absolute Gasteiger partial charge is 0.417 e. The van der Waals surface area contributed by atoms with Crippen LogP contribution >= 0.6 is 34.8 Å². The first kappa shape index (κ1) is 31.7. The smallest absolute Gasteiger partial charge is 0.335 e. The van der Waals surface area contributed by atoms with Crippen LogP contribution < -0.4 is 10.6 Å². The lowest BCUT2D eigenvalue weighted by Crippen LogP contribution is -2.48. The van der Waals surface area contributed by atoms with Crippen LogP contribution in [0.3, 0.4) is 0 Å². The molecule has 0 aliphatic rings. The van der Waals surface area contributed by atoms with E-state index in [4.69, 9.17) is 34.8 Å². The van der Waals surface area contributed by atoms with E-state index in [0.29, 0.717) is 12.1 Å². The molecule has 2 atom stereocenters. The van der Waals surface area contributed by atoms with Gasteiger partial charge in [0.05, 0.1) is 44.8 Å². The summed E-state index contributed by atoms with van der Waals surface area (Å²) in [5, 5.41) is 4.08. The summed E-state index contributed by atoms with van der Waals surface area (Å²) < 4.78 is 82.5. The molecular formula is C24H22Cl3F6N3O2. The van der Waals surface area contributed by atoms with Crippen molar-refractivity contribution in [3.05, 3.63) is 73.7 Å². The lowest BCUT2D eigenvalue weighted by molar-refractivity contribution is -0.139. The van der Waals surface area contributed by atoms with Gasteiger partial charge in [-0.2, -0.15) is 26.3 Å². The van der Waals surface area contributed by atoms with E-state index in [2.05, 4.69) is 10.6 Å². The van der Waals surface area contributed by atoms with E-state index in [1.165, 1.54) is 6.92 Å². The molecular weight excluding hydrogens is 583 g/mol. The predicted octanol–water partition coefficient (Wildman–Crippen LogP) is 6.78. The summed E-state index contributed by atoms with van der Waals surface area (Å²) >= 11 is 17.5. The Morgan fingerprint density at radius 1 is 0.974 bits per heavy atom. The fourth-order valence-electron chi connectivity index (χ4n) is 3.35. The summed E-state index contributed by atoms with van der Waals surface area (Å²) in [5.74, 6) is -3.87. The van der Waals surface area contributed by atoms with E-state index >= 15 is 0 Å². The summed E-state index contributed by atoms with van der Waals surface area (Å²) in [7, 11) is 3.26. The van der Waals surface area contributed by atoms with Crippen molar-refractivity contribution >= 4 is 52.7 Å². The molecule has 208 valence electrons. The Morgan fingerprint density at radius 3 is 2.05 bits per heavy atom. The second-order valence-corrected chi connectivity index (χ2v) is 9.67. The predicted molar refractivity (Wildman–Crippen MR) is 134 cm³/mol. The number of nitrogens with zero attached hydrogens (tertiary/aromatic N) is 1. The summed E-state index contributed by atoms with van der Waals surface area (Å²) in [4.78, 5) is 25.9. The van der Waals surface area contributed by atoms with Gasteiger partial charge in [0.25, 0.3) is 5.91 Å². The van der Waals surface area contributed by atoms with E-state index < -0.39 is 47.4 Å². The summed E-state index contributed by atoms with van der Waals surface area (Å²) in [6.45, 7) is 1.35. The Morgan fingerprint density at radius 2 is 1.55 bits per heavy atom. The Hall–Kier alpha value is -2.47. The van der Waals surface area contributed by atoms with Crippen LogP contribution in [0, 0.1) is 0 Å². The standard InChI is InChI=1S/C24H22Cl3F6N3O2/c1-12(34-20(37)11-36(2)3)35-22(38)15-6-4-13(8-17(15)24(31,32)33)5-7-16(23(28,29)30)14-9-18(25)21(27)19(26)10-14/h4-10,12,16H,11H2,1-3H3,(H,34,37)(H,35,38)/b7-5+/t12-,16?/m1/s1. The van der Waals surface area contributed by atoms with Gasteiger partial charge in [-0.3, -0.25) is 9.59 Å². The third-order valence-corrected chi connectivity index (χ3v) is 6.17. The molecule has 2 N–H and O–H groups in total. The van der Waals surface area contributed by atoms with Gasteiger partial charge in [0.15, 0.2) is 0 Å². The number of carbonyl (C=O) groups is 2. The molecule has 1 unspecified atom stereocenters. The Kier molecular flexibility index (Phi) is 10.5. The maximum absolute atomic E-state index is 13.8. The molecule has 2 aromatic carbocycles. The third-order valence-electron chi connectivity index (χ3n) is 4.98. The van der Waals surface area contributed by atoms with Crippen molar-refractivity contribution < 1.29 is 35.9 Å². The molecule has 0 saturated heterocycles. The van der Waals surface area contributed by atoms with Gasteiger partial charge in [0.2, 0.25) is 5.91 Å². The number of rotatable bonds is 8. The summed E-state index contributed by atoms with van der Waals surface area (Å²) in [6, 6.07) is 4.38. The van der Waals surface area contributed by atoms with E-state index in [1.54, 1.807) is 19.0 Å². The van der Waals surface area contributed by atoms with E-state index in [-0.39, 0.29) is 32.7 Å². The fourth-order valence-corrected chi connectivity index (χ4v) is 3.97. The number of hydrogen-bond donors (Lipinski definition) is 2. The van der Waals surface area contributed by atoms with Gasteiger partial charge in [-0.05, 0) is 56.4 Å². The van der Waals surface area contributed by atoms with Gasteiger partial charge >= 0.3 is 12.4 Å². The van der Waals surface area contributed by atoms with Crippen molar-refractivity contribution in [3.63, 3.8) is 0 Å². The molecule has 2 rings (SSSR count). The van der Waals surface area contributed by atoms with Crippen LogP contribution in [0.1, 0.15) is 39.9 Å². The van der Waals surface area contributed by atoms with E-state index in [0.717, 1.165) is 30.3 Å². The maximum Gasteiger partial charge on any atom is 0.417 e. The number of carbonyl (C=O) groups excluding carboxylic acids is 2. The normalized spacial score (nSPS) is 14.0. The zero-order chi connectivity index (χ0) is 29.0. The number of nitrogens with one attached hydrogen (secondary N) is 2. The second kappa shape index (κ2) is 12.6. The third kappa shape index (κ3) is 8.79. The Labute approximate surface area is 229 Å². The Balaban J connectivity index is 2.37. The van der Waals surface area contributed by atoms with Gasteiger partial charge in [-0.25, -0.2) is 0 Å². The highest BCUT2D eigenvalue weighted by molar-refractivity contribution is 6.48. The van der Waals surface area contributed by atoms with Gasteiger partial charge in [0.1, 0.15) is 0 Å². The molecule has 0 aromatic heterocycles. The van der Waals surface area contributed by atoms with E-state index in [1.807, 2.05) is 0 Å². The zero-order valence-electron chi connectivity index (χ0n) is 20.1. The van der Waals surface area contributed by atoms with Gasteiger partial charge < -0.3 is 15.5 Å². The molecule has 2 aromatic rings. The highest BCUT2D eigenvalue weighted by Crippen LogP contribution is 2.41. The molecule has 0 aliphatic carbocycles. The minimum absolute atomic E-state index is 0.0115. The van der Waals surface area contributed by atoms with Crippen LogP contribution in [0.5, 0.6) is 0 Å². The molecule has 0 fully saturated rings. The summed E-state index contributed by atoms with van der Waals surface area (Å²) in [5.41, 5.74) is -2.76. The topological polar surface area (TPSA) is 61.4 Å². The van der Waals surface area contributed by atoms with Crippen LogP contribution in [-0.2, 0) is 11.0 Å². The monoisotopic (exact) mass is 603 g/mol. The first-order valence-electron chi connectivity index (χ1n) is 10.8. The van der Waals surface area contributed by atoms with Crippen molar-refractivity contribution in [1.29, 1.82) is 0 Å². The SMILES string of the molecule is C[C@H](NC(=O)CN(C)C)NC(=O)c1ccc(/C=C/C(c2cc(Cl)c(Cl)c(Cl)c2)C(F)(F)F)cc1C(F)(F)F. The molecule has 0 saturated carbocycles. The highest BCUT2D eigenvalue weighted by atomic mass is 35.5. The average molecular weight is 605 g/mol. The maximum atomic E-state index is 13.8. The van der Waals surface area contributed by atoms with Gasteiger partial charge in [-0.1, -0.05) is 53.0 Å². The van der Waals surface area contributed by atoms with Crippen molar-refractivity contribution in [3.8, 4) is 0 Å². The molecule has 38 heavy (non-hydrogen) atoms. The summed E-state index contributed by atoms with van der Waals surface area (Å²) in [6.07, 6.45) is -9.35. The molecule has 0 radical (unpaired) electrons. The van der Waals surface area contributed by atoms with Gasteiger partial charge in [-0.15, -0.1) is 0 Å². The number of allylic oxidation sites excluding steroid dienone is 1. The quantitative estimate of drug-likeness (QED) is 0.198. The molecule has 2 amide bonds. The van der Waals surface area contributed by atoms with Crippen molar-refractivity contribution in [1.82, 2.24) is 15.5 Å². The minimum atomic E-state index is -5.01.